The van der Waals surface area contributed by atoms with E-state index in [2.05, 4.69) is 6.58 Å². The van der Waals surface area contributed by atoms with Gasteiger partial charge >= 0.3 is 0 Å². The van der Waals surface area contributed by atoms with Crippen molar-refractivity contribution in [2.45, 2.75) is 18.3 Å². The molecule has 4 nitrogen and oxygen atoms in total. The highest BCUT2D eigenvalue weighted by molar-refractivity contribution is 4.87. The molecule has 3 atom stereocenters. The normalized spacial score (nSPS) is 19.6. The Labute approximate surface area is 59.1 Å². The van der Waals surface area contributed by atoms with Crippen molar-refractivity contribution in [3.05, 3.63) is 12.7 Å². The molecule has 0 aromatic heterocycles. The van der Waals surface area contributed by atoms with Crippen molar-refractivity contribution in [2.75, 3.05) is 6.61 Å². The fourth-order valence-electron chi connectivity index (χ4n) is 0.475. The third kappa shape index (κ3) is 2.45. The molecule has 0 bridgehead atoms. The molecule has 0 radical (unpaired) electrons. The first-order valence-corrected chi connectivity index (χ1v) is 2.91. The lowest BCUT2D eigenvalue weighted by molar-refractivity contribution is -0.0609. The molecular formula is C6H12O4. The van der Waals surface area contributed by atoms with Crippen LogP contribution in [-0.2, 0) is 0 Å². The highest BCUT2D eigenvalue weighted by atomic mass is 16.4. The van der Waals surface area contributed by atoms with Crippen LogP contribution in [0.4, 0.5) is 0 Å². The number of hydrogen-bond acceptors (Lipinski definition) is 4. The second-order valence-corrected chi connectivity index (χ2v) is 1.97. The Hall–Kier alpha value is -0.420. The molecule has 0 fully saturated rings. The monoisotopic (exact) mass is 148 g/mol. The van der Waals surface area contributed by atoms with Crippen LogP contribution in [0.25, 0.3) is 0 Å². The summed E-state index contributed by atoms with van der Waals surface area (Å²) in [4.78, 5) is 0. The highest BCUT2D eigenvalue weighted by Crippen LogP contribution is 1.99. The molecule has 0 spiro atoms. The topological polar surface area (TPSA) is 80.9 Å². The Bertz CT molecular complexity index is 104. The third-order valence-electron chi connectivity index (χ3n) is 1.17. The van der Waals surface area contributed by atoms with Crippen molar-refractivity contribution in [3.63, 3.8) is 0 Å². The van der Waals surface area contributed by atoms with Gasteiger partial charge in [-0.25, -0.2) is 0 Å². The molecule has 60 valence electrons. The fourth-order valence-corrected chi connectivity index (χ4v) is 0.475. The van der Waals surface area contributed by atoms with Gasteiger partial charge in [0.2, 0.25) is 0 Å². The zero-order valence-electron chi connectivity index (χ0n) is 5.51. The molecule has 0 rings (SSSR count). The molecule has 0 aromatic rings. The summed E-state index contributed by atoms with van der Waals surface area (Å²) >= 11 is 0. The van der Waals surface area contributed by atoms with Crippen molar-refractivity contribution in [1.82, 2.24) is 0 Å². The molecule has 0 saturated carbocycles. The van der Waals surface area contributed by atoms with Crippen molar-refractivity contribution in [1.29, 1.82) is 0 Å². The van der Waals surface area contributed by atoms with Crippen LogP contribution in [-0.4, -0.2) is 45.3 Å². The number of rotatable bonds is 4. The van der Waals surface area contributed by atoms with Crippen LogP contribution in [0.1, 0.15) is 0 Å². The molecule has 10 heavy (non-hydrogen) atoms. The quantitative estimate of drug-likeness (QED) is 0.356. The van der Waals surface area contributed by atoms with E-state index in [1.54, 1.807) is 0 Å². The molecule has 0 aliphatic carbocycles. The minimum absolute atomic E-state index is 0.577. The molecule has 0 heterocycles. The van der Waals surface area contributed by atoms with Crippen molar-refractivity contribution >= 4 is 0 Å². The molecule has 0 unspecified atom stereocenters. The van der Waals surface area contributed by atoms with E-state index < -0.39 is 24.9 Å². The van der Waals surface area contributed by atoms with Crippen LogP contribution < -0.4 is 0 Å². The van der Waals surface area contributed by atoms with Crippen molar-refractivity contribution < 1.29 is 20.4 Å². The molecular weight excluding hydrogens is 136 g/mol. The van der Waals surface area contributed by atoms with Crippen molar-refractivity contribution in [2.24, 2.45) is 0 Å². The van der Waals surface area contributed by atoms with E-state index in [1.165, 1.54) is 0 Å². The minimum atomic E-state index is -1.36. The Morgan fingerprint density at radius 1 is 1.30 bits per heavy atom. The lowest BCUT2D eigenvalue weighted by atomic mass is 10.1. The molecule has 0 aliphatic rings. The van der Waals surface area contributed by atoms with E-state index in [0.29, 0.717) is 0 Å². The average molecular weight is 148 g/mol. The summed E-state index contributed by atoms with van der Waals surface area (Å²) in [5.74, 6) is 0. The largest absolute Gasteiger partial charge is 0.394 e. The zero-order chi connectivity index (χ0) is 8.15. The van der Waals surface area contributed by atoms with Gasteiger partial charge in [-0.15, -0.1) is 6.58 Å². The lowest BCUT2D eigenvalue weighted by Gasteiger charge is -2.18. The second kappa shape index (κ2) is 4.40. The van der Waals surface area contributed by atoms with Gasteiger partial charge in [0.25, 0.3) is 0 Å². The summed E-state index contributed by atoms with van der Waals surface area (Å²) in [6.45, 7) is 2.62. The summed E-state index contributed by atoms with van der Waals surface area (Å²) in [6, 6.07) is 0. The predicted octanol–water partition coefficient (Wildman–Crippen LogP) is -1.75. The Balaban J connectivity index is 3.80. The van der Waals surface area contributed by atoms with Gasteiger partial charge in [0.05, 0.1) is 6.61 Å². The zero-order valence-corrected chi connectivity index (χ0v) is 5.51. The van der Waals surface area contributed by atoms with Gasteiger partial charge in [-0.2, -0.15) is 0 Å². The molecule has 0 aromatic carbocycles. The summed E-state index contributed by atoms with van der Waals surface area (Å²) in [5, 5.41) is 34.7. The van der Waals surface area contributed by atoms with E-state index in [1.807, 2.05) is 0 Å². The molecule has 4 heteroatoms. The average Bonchev–Trinajstić information content (AvgIpc) is 2.00. The van der Waals surface area contributed by atoms with E-state index >= 15 is 0 Å². The van der Waals surface area contributed by atoms with Crippen LogP contribution in [0.2, 0.25) is 0 Å². The maximum Gasteiger partial charge on any atom is 0.112 e. The van der Waals surface area contributed by atoms with E-state index in [9.17, 15) is 0 Å². The SMILES string of the molecule is C=C[C@H](O)[C@@H](O)[C@@H](O)CO. The minimum Gasteiger partial charge on any atom is -0.394 e. The van der Waals surface area contributed by atoms with E-state index in [4.69, 9.17) is 20.4 Å². The number of hydrogen-bond donors (Lipinski definition) is 4. The van der Waals surface area contributed by atoms with E-state index in [-0.39, 0.29) is 0 Å². The lowest BCUT2D eigenvalue weighted by Crippen LogP contribution is -2.38. The summed E-state index contributed by atoms with van der Waals surface area (Å²) in [7, 11) is 0. The first kappa shape index (κ1) is 9.58. The summed E-state index contributed by atoms with van der Waals surface area (Å²) < 4.78 is 0. The first-order valence-electron chi connectivity index (χ1n) is 2.91. The van der Waals surface area contributed by atoms with Gasteiger partial charge in [-0.1, -0.05) is 6.08 Å². The standard InChI is InChI=1S/C6H12O4/c1-2-4(8)6(10)5(9)3-7/h2,4-10H,1,3H2/t4-,5-,6+/m0/s1. The maximum atomic E-state index is 8.85. The van der Waals surface area contributed by atoms with Gasteiger partial charge in [0.15, 0.2) is 0 Å². The Morgan fingerprint density at radius 3 is 2.10 bits per heavy atom. The van der Waals surface area contributed by atoms with Gasteiger partial charge in [-0.3, -0.25) is 0 Å². The fraction of sp³-hybridized carbons (Fsp3) is 0.667. The molecule has 0 aliphatic heterocycles. The van der Waals surface area contributed by atoms with Crippen LogP contribution in [0.5, 0.6) is 0 Å². The Kier molecular flexibility index (Phi) is 4.22. The summed E-state index contributed by atoms with van der Waals surface area (Å²) in [5.41, 5.74) is 0. The van der Waals surface area contributed by atoms with Gasteiger partial charge in [0, 0.05) is 0 Å². The second-order valence-electron chi connectivity index (χ2n) is 1.97. The van der Waals surface area contributed by atoms with Crippen molar-refractivity contribution in [3.8, 4) is 0 Å². The van der Waals surface area contributed by atoms with Crippen LogP contribution >= 0.6 is 0 Å². The van der Waals surface area contributed by atoms with Crippen LogP contribution in [0.3, 0.4) is 0 Å². The molecule has 0 saturated heterocycles. The van der Waals surface area contributed by atoms with Gasteiger partial charge in [0.1, 0.15) is 18.3 Å². The smallest absolute Gasteiger partial charge is 0.112 e. The highest BCUT2D eigenvalue weighted by Gasteiger charge is 2.20. The number of aliphatic hydroxyl groups excluding tert-OH is 4. The van der Waals surface area contributed by atoms with Gasteiger partial charge < -0.3 is 20.4 Å². The third-order valence-corrected chi connectivity index (χ3v) is 1.17. The maximum absolute atomic E-state index is 8.85. The predicted molar refractivity (Wildman–Crippen MR) is 35.3 cm³/mol. The van der Waals surface area contributed by atoms with Crippen LogP contribution in [0.15, 0.2) is 12.7 Å². The van der Waals surface area contributed by atoms with E-state index in [0.717, 1.165) is 6.08 Å². The first-order chi connectivity index (χ1) is 4.63. The van der Waals surface area contributed by atoms with Gasteiger partial charge in [-0.05, 0) is 0 Å². The van der Waals surface area contributed by atoms with Crippen LogP contribution in [0, 0.1) is 0 Å². The molecule has 0 amide bonds. The summed E-state index contributed by atoms with van der Waals surface area (Å²) in [6.07, 6.45) is -2.78. The molecule has 4 N–H and O–H groups in total. The Morgan fingerprint density at radius 2 is 1.80 bits per heavy atom. The number of aliphatic hydroxyl groups is 4.